The first-order valence-corrected chi connectivity index (χ1v) is 8.73. The van der Waals surface area contributed by atoms with E-state index >= 15 is 0 Å². The number of hydrogen-bond donors (Lipinski definition) is 0. The highest BCUT2D eigenvalue weighted by atomic mass is 16.7. The summed E-state index contributed by atoms with van der Waals surface area (Å²) in [6.45, 7) is 11.4. The highest BCUT2D eigenvalue weighted by Gasteiger charge is 2.61. The predicted molar refractivity (Wildman–Crippen MR) is 91.4 cm³/mol. The van der Waals surface area contributed by atoms with Gasteiger partial charge in [-0.2, -0.15) is 0 Å². The Morgan fingerprint density at radius 2 is 2.00 bits per heavy atom. The van der Waals surface area contributed by atoms with Crippen LogP contribution < -0.4 is 0 Å². The lowest BCUT2D eigenvalue weighted by atomic mass is 9.72. The summed E-state index contributed by atoms with van der Waals surface area (Å²) in [5.41, 5.74) is -0.124. The summed E-state index contributed by atoms with van der Waals surface area (Å²) < 4.78 is 18.3. The van der Waals surface area contributed by atoms with E-state index in [1.807, 2.05) is 12.2 Å². The van der Waals surface area contributed by atoms with Gasteiger partial charge in [-0.15, -0.1) is 13.2 Å². The van der Waals surface area contributed by atoms with Crippen molar-refractivity contribution in [2.75, 3.05) is 13.2 Å². The van der Waals surface area contributed by atoms with Crippen LogP contribution in [0.4, 0.5) is 0 Å². The summed E-state index contributed by atoms with van der Waals surface area (Å²) >= 11 is 0. The van der Waals surface area contributed by atoms with E-state index in [0.717, 1.165) is 50.0 Å². The van der Waals surface area contributed by atoms with Crippen LogP contribution in [0.25, 0.3) is 0 Å². The molecule has 0 N–H and O–H groups in total. The van der Waals surface area contributed by atoms with Crippen molar-refractivity contribution in [3.8, 4) is 0 Å². The van der Waals surface area contributed by atoms with E-state index in [9.17, 15) is 0 Å². The maximum atomic E-state index is 6.18. The van der Waals surface area contributed by atoms with Gasteiger partial charge in [-0.05, 0) is 37.8 Å². The molecule has 0 unspecified atom stereocenters. The molecule has 1 aliphatic heterocycles. The molecule has 2 atom stereocenters. The van der Waals surface area contributed by atoms with E-state index in [4.69, 9.17) is 13.9 Å². The van der Waals surface area contributed by atoms with Gasteiger partial charge in [-0.3, -0.25) is 0 Å². The van der Waals surface area contributed by atoms with Crippen molar-refractivity contribution in [1.82, 2.24) is 0 Å². The molecule has 2 heterocycles. The minimum atomic E-state index is -0.471. The summed E-state index contributed by atoms with van der Waals surface area (Å²) in [6.07, 6.45) is 9.84. The molecule has 3 heteroatoms. The molecule has 0 amide bonds. The van der Waals surface area contributed by atoms with Crippen molar-refractivity contribution in [2.45, 2.75) is 57.2 Å². The highest BCUT2D eigenvalue weighted by Crippen LogP contribution is 2.60. The molecule has 2 aliphatic rings. The first-order valence-electron chi connectivity index (χ1n) is 8.73. The Morgan fingerprint density at radius 1 is 1.22 bits per heavy atom. The summed E-state index contributed by atoms with van der Waals surface area (Å²) in [6, 6.07) is 4.26. The normalized spacial score (nSPS) is 29.2. The minimum absolute atomic E-state index is 0.124. The molecule has 1 aliphatic carbocycles. The molecule has 1 aromatic rings. The summed E-state index contributed by atoms with van der Waals surface area (Å²) in [7, 11) is 0. The molecule has 1 saturated heterocycles. The number of hydrogen-bond acceptors (Lipinski definition) is 3. The third kappa shape index (κ3) is 2.81. The quantitative estimate of drug-likeness (QED) is 0.524. The van der Waals surface area contributed by atoms with E-state index in [-0.39, 0.29) is 5.41 Å². The molecule has 3 rings (SSSR count). The van der Waals surface area contributed by atoms with E-state index in [1.165, 1.54) is 0 Å². The lowest BCUT2D eigenvalue weighted by Gasteiger charge is -2.41. The molecule has 1 saturated carbocycles. The maximum Gasteiger partial charge on any atom is 0.174 e. The number of unbranched alkanes of at least 4 members (excludes halogenated alkanes) is 1. The van der Waals surface area contributed by atoms with Crippen molar-refractivity contribution < 1.29 is 13.9 Å². The fourth-order valence-electron chi connectivity index (χ4n) is 4.32. The number of furan rings is 1. The van der Waals surface area contributed by atoms with Gasteiger partial charge in [0.2, 0.25) is 0 Å². The van der Waals surface area contributed by atoms with E-state index < -0.39 is 5.79 Å². The Hall–Kier alpha value is -1.32. The molecule has 0 radical (unpaired) electrons. The summed E-state index contributed by atoms with van der Waals surface area (Å²) in [5.74, 6) is 1.98. The molecule has 1 aromatic heterocycles. The van der Waals surface area contributed by atoms with Gasteiger partial charge in [0.05, 0.1) is 13.2 Å². The first kappa shape index (κ1) is 16.5. The fraction of sp³-hybridized carbons (Fsp3) is 0.600. The number of allylic oxidation sites excluding steroid dienone is 2. The molecule has 0 bridgehead atoms. The Balaban J connectivity index is 1.81. The largest absolute Gasteiger partial charge is 0.466 e. The molecule has 1 spiro atoms. The van der Waals surface area contributed by atoms with Gasteiger partial charge in [-0.1, -0.05) is 19.1 Å². The van der Waals surface area contributed by atoms with Crippen molar-refractivity contribution in [3.05, 3.63) is 49.0 Å². The van der Waals surface area contributed by atoms with Crippen LogP contribution in [0.2, 0.25) is 0 Å². The second-order valence-corrected chi connectivity index (χ2v) is 6.94. The van der Waals surface area contributed by atoms with Crippen LogP contribution in [0.1, 0.15) is 56.5 Å². The van der Waals surface area contributed by atoms with Gasteiger partial charge < -0.3 is 13.9 Å². The topological polar surface area (TPSA) is 31.6 Å². The lowest BCUT2D eigenvalue weighted by Crippen LogP contribution is -2.45. The Labute approximate surface area is 139 Å². The average Bonchev–Trinajstić information content (AvgIpc) is 3.23. The molecular weight excluding hydrogens is 288 g/mol. The van der Waals surface area contributed by atoms with Gasteiger partial charge in [0.15, 0.2) is 5.79 Å². The van der Waals surface area contributed by atoms with Crippen LogP contribution in [-0.2, 0) is 15.9 Å². The van der Waals surface area contributed by atoms with E-state index in [0.29, 0.717) is 19.1 Å². The van der Waals surface area contributed by atoms with Gasteiger partial charge in [-0.25, -0.2) is 0 Å². The number of aryl methyl sites for hydroxylation is 1. The second-order valence-electron chi connectivity index (χ2n) is 6.94. The van der Waals surface area contributed by atoms with Crippen molar-refractivity contribution in [3.63, 3.8) is 0 Å². The fourth-order valence-corrected chi connectivity index (χ4v) is 4.32. The summed E-state index contributed by atoms with van der Waals surface area (Å²) in [5, 5.41) is 0. The average molecular weight is 316 g/mol. The van der Waals surface area contributed by atoms with Crippen LogP contribution in [0, 0.1) is 5.41 Å². The third-order valence-electron chi connectivity index (χ3n) is 5.58. The lowest BCUT2D eigenvalue weighted by molar-refractivity contribution is -0.219. The van der Waals surface area contributed by atoms with Gasteiger partial charge in [0, 0.05) is 24.2 Å². The Morgan fingerprint density at radius 3 is 2.70 bits per heavy atom. The SMILES string of the molecule is C=CCCCc1ccc([C@@H]2CCC3(OCCO3)[C@@]2(C)CC=C)o1. The number of ether oxygens (including phenoxy) is 2. The van der Waals surface area contributed by atoms with E-state index in [2.05, 4.69) is 32.2 Å². The molecule has 23 heavy (non-hydrogen) atoms. The minimum Gasteiger partial charge on any atom is -0.466 e. The van der Waals surface area contributed by atoms with Gasteiger partial charge in [0.25, 0.3) is 0 Å². The Bertz CT molecular complexity index is 553. The van der Waals surface area contributed by atoms with Crippen molar-refractivity contribution in [2.24, 2.45) is 5.41 Å². The number of rotatable bonds is 7. The van der Waals surface area contributed by atoms with Crippen molar-refractivity contribution >= 4 is 0 Å². The Kier molecular flexibility index (Phi) is 4.79. The van der Waals surface area contributed by atoms with Gasteiger partial charge >= 0.3 is 0 Å². The molecule has 0 aromatic carbocycles. The standard InChI is InChI=1S/C20H28O3/c1-4-6-7-8-16-9-10-18(23-16)17-11-13-20(21-14-15-22-20)19(17,3)12-5-2/h4-5,9-10,17H,1-2,6-8,11-15H2,3H3/t17-,19-/m0/s1. The smallest absolute Gasteiger partial charge is 0.174 e. The molecular formula is C20H28O3. The van der Waals surface area contributed by atoms with Crippen LogP contribution in [-0.4, -0.2) is 19.0 Å². The predicted octanol–water partition coefficient (Wildman–Crippen LogP) is 4.99. The highest BCUT2D eigenvalue weighted by molar-refractivity contribution is 5.21. The third-order valence-corrected chi connectivity index (χ3v) is 5.58. The zero-order valence-corrected chi connectivity index (χ0v) is 14.2. The monoisotopic (exact) mass is 316 g/mol. The molecule has 126 valence electrons. The second kappa shape index (κ2) is 6.66. The van der Waals surface area contributed by atoms with Gasteiger partial charge in [0.1, 0.15) is 11.5 Å². The maximum absolute atomic E-state index is 6.18. The van der Waals surface area contributed by atoms with Crippen LogP contribution in [0.3, 0.4) is 0 Å². The van der Waals surface area contributed by atoms with Crippen molar-refractivity contribution in [1.29, 1.82) is 0 Å². The first-order chi connectivity index (χ1) is 11.1. The van der Waals surface area contributed by atoms with Crippen LogP contribution in [0.15, 0.2) is 41.9 Å². The molecule has 2 fully saturated rings. The van der Waals surface area contributed by atoms with Crippen LogP contribution in [0.5, 0.6) is 0 Å². The molecule has 3 nitrogen and oxygen atoms in total. The zero-order valence-electron chi connectivity index (χ0n) is 14.2. The summed E-state index contributed by atoms with van der Waals surface area (Å²) in [4.78, 5) is 0. The zero-order chi connectivity index (χ0) is 16.3. The van der Waals surface area contributed by atoms with Crippen LogP contribution >= 0.6 is 0 Å². The van der Waals surface area contributed by atoms with E-state index in [1.54, 1.807) is 0 Å².